The normalized spacial score (nSPS) is 14.0. The van der Waals surface area contributed by atoms with E-state index in [1.54, 1.807) is 0 Å². The zero-order valence-electron chi connectivity index (χ0n) is 18.1. The minimum absolute atomic E-state index is 0.0405. The summed E-state index contributed by atoms with van der Waals surface area (Å²) in [5.74, 6) is 1.50. The molecule has 0 bridgehead atoms. The van der Waals surface area contributed by atoms with E-state index in [4.69, 9.17) is 4.98 Å². The molecule has 1 aliphatic rings. The maximum atomic E-state index is 12.9. The van der Waals surface area contributed by atoms with Gasteiger partial charge >= 0.3 is 0 Å². The SMILES string of the molecule is CCCc1nnsc1C(=O)N1CCN(c2cc(C)nc(Nc3ccc(C)cc3)n2)CC1. The Morgan fingerprint density at radius 3 is 2.55 bits per heavy atom. The van der Waals surface area contributed by atoms with Crippen LogP contribution in [0.4, 0.5) is 17.5 Å². The average molecular weight is 438 g/mol. The Kier molecular flexibility index (Phi) is 6.41. The summed E-state index contributed by atoms with van der Waals surface area (Å²) in [7, 11) is 0. The molecule has 0 saturated carbocycles. The van der Waals surface area contributed by atoms with E-state index in [1.165, 1.54) is 17.1 Å². The summed E-state index contributed by atoms with van der Waals surface area (Å²) in [6.07, 6.45) is 1.74. The number of amides is 1. The van der Waals surface area contributed by atoms with Crippen LogP contribution in [0.15, 0.2) is 30.3 Å². The molecule has 162 valence electrons. The number of aromatic nitrogens is 4. The molecule has 1 N–H and O–H groups in total. The van der Waals surface area contributed by atoms with E-state index < -0.39 is 0 Å². The summed E-state index contributed by atoms with van der Waals surface area (Å²) in [4.78, 5) is 27.0. The number of piperazine rings is 1. The van der Waals surface area contributed by atoms with Crippen molar-refractivity contribution in [3.63, 3.8) is 0 Å². The van der Waals surface area contributed by atoms with Crippen molar-refractivity contribution < 1.29 is 4.79 Å². The fourth-order valence-electron chi connectivity index (χ4n) is 3.59. The van der Waals surface area contributed by atoms with Crippen LogP contribution in [0.3, 0.4) is 0 Å². The van der Waals surface area contributed by atoms with Crippen LogP contribution in [0.25, 0.3) is 0 Å². The first-order chi connectivity index (χ1) is 15.0. The van der Waals surface area contributed by atoms with E-state index in [1.807, 2.05) is 30.0 Å². The number of aryl methyl sites for hydroxylation is 3. The van der Waals surface area contributed by atoms with E-state index in [0.717, 1.165) is 48.8 Å². The fourth-order valence-corrected chi connectivity index (χ4v) is 4.27. The molecule has 4 rings (SSSR count). The molecule has 1 aromatic carbocycles. The van der Waals surface area contributed by atoms with Crippen LogP contribution < -0.4 is 10.2 Å². The number of carbonyl (C=O) groups excluding carboxylic acids is 1. The average Bonchev–Trinajstić information content (AvgIpc) is 3.23. The topological polar surface area (TPSA) is 87.1 Å². The van der Waals surface area contributed by atoms with E-state index in [0.29, 0.717) is 23.9 Å². The minimum atomic E-state index is 0.0405. The smallest absolute Gasteiger partial charge is 0.267 e. The number of benzene rings is 1. The Morgan fingerprint density at radius 1 is 1.10 bits per heavy atom. The molecule has 1 amide bonds. The molecular weight excluding hydrogens is 410 g/mol. The number of nitrogens with zero attached hydrogens (tertiary/aromatic N) is 6. The summed E-state index contributed by atoms with van der Waals surface area (Å²) >= 11 is 1.20. The number of rotatable bonds is 6. The third kappa shape index (κ3) is 4.99. The van der Waals surface area contributed by atoms with E-state index in [9.17, 15) is 4.79 Å². The van der Waals surface area contributed by atoms with Gasteiger partial charge in [0.05, 0.1) is 5.69 Å². The van der Waals surface area contributed by atoms with Gasteiger partial charge in [0.15, 0.2) is 0 Å². The first-order valence-electron chi connectivity index (χ1n) is 10.6. The van der Waals surface area contributed by atoms with Crippen molar-refractivity contribution in [1.29, 1.82) is 0 Å². The Bertz CT molecular complexity index is 1040. The Morgan fingerprint density at radius 2 is 1.84 bits per heavy atom. The first-order valence-corrected chi connectivity index (χ1v) is 11.4. The van der Waals surface area contributed by atoms with Crippen LogP contribution in [-0.4, -0.2) is 56.5 Å². The van der Waals surface area contributed by atoms with Gasteiger partial charge in [-0.3, -0.25) is 4.79 Å². The lowest BCUT2D eigenvalue weighted by Crippen LogP contribution is -2.49. The number of hydrogen-bond donors (Lipinski definition) is 1. The van der Waals surface area contributed by atoms with Crippen LogP contribution in [0.2, 0.25) is 0 Å². The predicted molar refractivity (Wildman–Crippen MR) is 123 cm³/mol. The summed E-state index contributed by atoms with van der Waals surface area (Å²) in [5, 5.41) is 7.42. The first kappa shape index (κ1) is 21.2. The van der Waals surface area contributed by atoms with Crippen molar-refractivity contribution in [3.8, 4) is 0 Å². The molecule has 0 atom stereocenters. The largest absolute Gasteiger partial charge is 0.353 e. The maximum absolute atomic E-state index is 12.9. The molecule has 1 aliphatic heterocycles. The third-order valence-corrected chi connectivity index (χ3v) is 6.03. The minimum Gasteiger partial charge on any atom is -0.353 e. The van der Waals surface area contributed by atoms with Gasteiger partial charge in [-0.2, -0.15) is 4.98 Å². The number of carbonyl (C=O) groups is 1. The van der Waals surface area contributed by atoms with Gasteiger partial charge < -0.3 is 15.1 Å². The van der Waals surface area contributed by atoms with Crippen molar-refractivity contribution in [2.45, 2.75) is 33.6 Å². The van der Waals surface area contributed by atoms with Gasteiger partial charge in [0.2, 0.25) is 5.95 Å². The summed E-state index contributed by atoms with van der Waals surface area (Å²) in [6, 6.07) is 10.1. The van der Waals surface area contributed by atoms with Gasteiger partial charge in [-0.25, -0.2) is 4.98 Å². The van der Waals surface area contributed by atoms with Crippen LogP contribution in [0.5, 0.6) is 0 Å². The second-order valence-corrected chi connectivity index (χ2v) is 8.51. The summed E-state index contributed by atoms with van der Waals surface area (Å²) in [5.41, 5.74) is 3.88. The molecule has 0 radical (unpaired) electrons. The van der Waals surface area contributed by atoms with E-state index in [-0.39, 0.29) is 5.91 Å². The van der Waals surface area contributed by atoms with E-state index >= 15 is 0 Å². The summed E-state index contributed by atoms with van der Waals surface area (Å²) in [6.45, 7) is 8.85. The molecule has 0 unspecified atom stereocenters. The number of nitrogens with one attached hydrogen (secondary N) is 1. The lowest BCUT2D eigenvalue weighted by Gasteiger charge is -2.35. The van der Waals surface area contributed by atoms with Crippen molar-refractivity contribution in [2.24, 2.45) is 0 Å². The molecule has 2 aromatic heterocycles. The van der Waals surface area contributed by atoms with Gasteiger partial charge in [-0.15, -0.1) is 5.10 Å². The fraction of sp³-hybridized carbons (Fsp3) is 0.409. The van der Waals surface area contributed by atoms with Crippen LogP contribution in [0, 0.1) is 13.8 Å². The molecular formula is C22H27N7OS. The van der Waals surface area contributed by atoms with Gasteiger partial charge in [0.25, 0.3) is 5.91 Å². The molecule has 8 nitrogen and oxygen atoms in total. The molecule has 3 heterocycles. The monoisotopic (exact) mass is 437 g/mol. The molecule has 31 heavy (non-hydrogen) atoms. The van der Waals surface area contributed by atoms with Gasteiger partial charge in [0, 0.05) is 43.6 Å². The van der Waals surface area contributed by atoms with Gasteiger partial charge in [0.1, 0.15) is 10.7 Å². The molecule has 9 heteroatoms. The van der Waals surface area contributed by atoms with Crippen LogP contribution >= 0.6 is 11.5 Å². The van der Waals surface area contributed by atoms with Crippen molar-refractivity contribution in [3.05, 3.63) is 52.2 Å². The zero-order valence-corrected chi connectivity index (χ0v) is 18.9. The Balaban J connectivity index is 1.42. The second-order valence-electron chi connectivity index (χ2n) is 7.76. The summed E-state index contributed by atoms with van der Waals surface area (Å²) < 4.78 is 3.99. The highest BCUT2D eigenvalue weighted by molar-refractivity contribution is 7.08. The maximum Gasteiger partial charge on any atom is 0.267 e. The Labute approximate surface area is 186 Å². The Hall–Kier alpha value is -3.07. The second kappa shape index (κ2) is 9.38. The van der Waals surface area contributed by atoms with Crippen molar-refractivity contribution in [2.75, 3.05) is 36.4 Å². The van der Waals surface area contributed by atoms with Crippen molar-refractivity contribution in [1.82, 2.24) is 24.5 Å². The standard InChI is InChI=1S/C22H27N7OS/c1-4-5-18-20(31-27-26-18)21(30)29-12-10-28(11-13-29)19-14-16(3)23-22(25-19)24-17-8-6-15(2)7-9-17/h6-9,14H,4-5,10-13H2,1-3H3,(H,23,24,25). The highest BCUT2D eigenvalue weighted by atomic mass is 32.1. The lowest BCUT2D eigenvalue weighted by atomic mass is 10.2. The quantitative estimate of drug-likeness (QED) is 0.630. The molecule has 0 aliphatic carbocycles. The molecule has 0 spiro atoms. The van der Waals surface area contributed by atoms with Crippen LogP contribution in [0.1, 0.15) is 40.0 Å². The van der Waals surface area contributed by atoms with Gasteiger partial charge in [-0.1, -0.05) is 35.5 Å². The zero-order chi connectivity index (χ0) is 21.8. The third-order valence-electron chi connectivity index (χ3n) is 5.28. The molecule has 3 aromatic rings. The predicted octanol–water partition coefficient (Wildman–Crippen LogP) is 3.60. The van der Waals surface area contributed by atoms with E-state index in [2.05, 4.69) is 50.8 Å². The lowest BCUT2D eigenvalue weighted by molar-refractivity contribution is 0.0750. The van der Waals surface area contributed by atoms with Crippen LogP contribution in [-0.2, 0) is 6.42 Å². The highest BCUT2D eigenvalue weighted by Crippen LogP contribution is 2.22. The highest BCUT2D eigenvalue weighted by Gasteiger charge is 2.26. The number of anilines is 3. The molecule has 1 saturated heterocycles. The number of hydrogen-bond acceptors (Lipinski definition) is 8. The van der Waals surface area contributed by atoms with Crippen molar-refractivity contribution >= 4 is 34.9 Å². The van der Waals surface area contributed by atoms with Gasteiger partial charge in [-0.05, 0) is 43.9 Å². The molecule has 1 fully saturated rings.